The van der Waals surface area contributed by atoms with E-state index in [1.807, 2.05) is 25.1 Å². The fourth-order valence-corrected chi connectivity index (χ4v) is 3.66. The lowest BCUT2D eigenvalue weighted by Gasteiger charge is -2.11. The minimum Gasteiger partial charge on any atom is -0.332 e. The summed E-state index contributed by atoms with van der Waals surface area (Å²) >= 11 is 5.24. The van der Waals surface area contributed by atoms with Gasteiger partial charge in [0.05, 0.1) is 0 Å². The van der Waals surface area contributed by atoms with E-state index in [1.54, 1.807) is 6.07 Å². The number of benzene rings is 1. The molecular formula is C25H41N3O2S. The summed E-state index contributed by atoms with van der Waals surface area (Å²) in [7, 11) is 0. The third-order valence-electron chi connectivity index (χ3n) is 5.14. The molecule has 5 nitrogen and oxygen atoms in total. The molecule has 3 N–H and O–H groups in total. The Bertz CT molecular complexity index is 664. The highest BCUT2D eigenvalue weighted by molar-refractivity contribution is 7.80. The number of thiocarbonyl (C=S) groups is 1. The van der Waals surface area contributed by atoms with Crippen LogP contribution in [0.2, 0.25) is 0 Å². The average Bonchev–Trinajstić information content (AvgIpc) is 2.72. The summed E-state index contributed by atoms with van der Waals surface area (Å²) in [6.45, 7) is 4.22. The van der Waals surface area contributed by atoms with Crippen molar-refractivity contribution in [3.05, 3.63) is 24.3 Å². The predicted molar refractivity (Wildman–Crippen MR) is 135 cm³/mol. The molecule has 6 heteroatoms. The number of carbonyl (C=O) groups is 2. The smallest absolute Gasteiger partial charge is 0.226 e. The molecular weight excluding hydrogens is 406 g/mol. The van der Waals surface area contributed by atoms with Gasteiger partial charge in [0, 0.05) is 24.2 Å². The quantitative estimate of drug-likeness (QED) is 0.190. The fraction of sp³-hybridized carbons (Fsp3) is 0.640. The minimum absolute atomic E-state index is 0.0116. The van der Waals surface area contributed by atoms with E-state index < -0.39 is 0 Å². The second-order valence-electron chi connectivity index (χ2n) is 8.17. The Morgan fingerprint density at radius 2 is 1.26 bits per heavy atom. The Balaban J connectivity index is 2.13. The van der Waals surface area contributed by atoms with Crippen LogP contribution in [0.4, 0.5) is 11.4 Å². The highest BCUT2D eigenvalue weighted by Gasteiger charge is 2.06. The van der Waals surface area contributed by atoms with Crippen molar-refractivity contribution in [1.82, 2.24) is 5.32 Å². The van der Waals surface area contributed by atoms with Gasteiger partial charge in [-0.15, -0.1) is 0 Å². The lowest BCUT2D eigenvalue weighted by atomic mass is 10.1. The lowest BCUT2D eigenvalue weighted by Crippen LogP contribution is -2.33. The van der Waals surface area contributed by atoms with Crippen LogP contribution in [0.3, 0.4) is 0 Å². The van der Waals surface area contributed by atoms with E-state index in [1.165, 1.54) is 57.8 Å². The van der Waals surface area contributed by atoms with Gasteiger partial charge in [0.15, 0.2) is 5.11 Å². The molecule has 0 saturated heterocycles. The van der Waals surface area contributed by atoms with E-state index in [0.29, 0.717) is 18.5 Å². The number of rotatable bonds is 16. The number of amides is 2. The van der Waals surface area contributed by atoms with Crippen LogP contribution in [0, 0.1) is 0 Å². The van der Waals surface area contributed by atoms with Crippen LogP contribution >= 0.6 is 12.2 Å². The highest BCUT2D eigenvalue weighted by atomic mass is 32.1. The van der Waals surface area contributed by atoms with Crippen molar-refractivity contribution >= 4 is 40.5 Å². The first-order valence-corrected chi connectivity index (χ1v) is 12.5. The minimum atomic E-state index is -0.0548. The molecule has 31 heavy (non-hydrogen) atoms. The van der Waals surface area contributed by atoms with Gasteiger partial charge >= 0.3 is 0 Å². The molecule has 0 aliphatic rings. The van der Waals surface area contributed by atoms with Gasteiger partial charge in [0.2, 0.25) is 11.8 Å². The zero-order chi connectivity index (χ0) is 22.7. The number of anilines is 2. The molecule has 0 aliphatic carbocycles. The maximum atomic E-state index is 12.1. The number of carbonyl (C=O) groups excluding carboxylic acids is 2. The molecule has 1 aromatic carbocycles. The first-order chi connectivity index (χ1) is 15.0. The van der Waals surface area contributed by atoms with Crippen molar-refractivity contribution in [2.75, 3.05) is 10.6 Å². The van der Waals surface area contributed by atoms with Crippen molar-refractivity contribution in [3.63, 3.8) is 0 Å². The van der Waals surface area contributed by atoms with Crippen LogP contribution in [-0.4, -0.2) is 16.9 Å². The zero-order valence-corrected chi connectivity index (χ0v) is 20.3. The fourth-order valence-electron chi connectivity index (χ4n) is 3.43. The van der Waals surface area contributed by atoms with Gasteiger partial charge in [-0.3, -0.25) is 9.59 Å². The van der Waals surface area contributed by atoms with Gasteiger partial charge in [-0.05, 0) is 43.3 Å². The molecule has 0 bridgehead atoms. The monoisotopic (exact) mass is 447 g/mol. The summed E-state index contributed by atoms with van der Waals surface area (Å²) in [5, 5.41) is 8.88. The molecule has 0 fully saturated rings. The SMILES string of the molecule is CCCCCCCCCCCCCC(=O)NC(=S)Nc1cccc(NC(=O)CCC)c1. The van der Waals surface area contributed by atoms with Gasteiger partial charge in [0.1, 0.15) is 0 Å². The summed E-state index contributed by atoms with van der Waals surface area (Å²) in [6.07, 6.45) is 15.7. The lowest BCUT2D eigenvalue weighted by molar-refractivity contribution is -0.119. The maximum absolute atomic E-state index is 12.1. The topological polar surface area (TPSA) is 70.2 Å². The van der Waals surface area contributed by atoms with E-state index in [2.05, 4.69) is 22.9 Å². The van der Waals surface area contributed by atoms with Gasteiger partial charge in [-0.1, -0.05) is 84.1 Å². The maximum Gasteiger partial charge on any atom is 0.226 e. The molecule has 0 heterocycles. The van der Waals surface area contributed by atoms with Crippen LogP contribution < -0.4 is 16.0 Å². The third kappa shape index (κ3) is 14.6. The number of unbranched alkanes of at least 4 members (excludes halogenated alkanes) is 10. The Labute approximate surface area is 194 Å². The van der Waals surface area contributed by atoms with Crippen LogP contribution in [0.1, 0.15) is 104 Å². The molecule has 0 aromatic heterocycles. The molecule has 0 atom stereocenters. The van der Waals surface area contributed by atoms with Gasteiger partial charge < -0.3 is 16.0 Å². The normalized spacial score (nSPS) is 10.5. The summed E-state index contributed by atoms with van der Waals surface area (Å²) in [5.41, 5.74) is 1.44. The summed E-state index contributed by atoms with van der Waals surface area (Å²) < 4.78 is 0. The van der Waals surface area contributed by atoms with E-state index >= 15 is 0 Å². The summed E-state index contributed by atoms with van der Waals surface area (Å²) in [5.74, 6) is -0.0664. The van der Waals surface area contributed by atoms with Crippen molar-refractivity contribution in [2.45, 2.75) is 104 Å². The van der Waals surface area contributed by atoms with Crippen molar-refractivity contribution in [3.8, 4) is 0 Å². The number of nitrogens with one attached hydrogen (secondary N) is 3. The van der Waals surface area contributed by atoms with Crippen LogP contribution in [0.5, 0.6) is 0 Å². The highest BCUT2D eigenvalue weighted by Crippen LogP contribution is 2.16. The molecule has 0 spiro atoms. The van der Waals surface area contributed by atoms with Gasteiger partial charge in [0.25, 0.3) is 0 Å². The molecule has 0 aliphatic heterocycles. The Hall–Kier alpha value is -1.95. The van der Waals surface area contributed by atoms with Crippen LogP contribution in [-0.2, 0) is 9.59 Å². The second-order valence-corrected chi connectivity index (χ2v) is 8.58. The molecule has 0 saturated carbocycles. The Morgan fingerprint density at radius 1 is 0.710 bits per heavy atom. The average molecular weight is 448 g/mol. The molecule has 2 amide bonds. The van der Waals surface area contributed by atoms with Crippen molar-refractivity contribution in [1.29, 1.82) is 0 Å². The number of hydrogen-bond acceptors (Lipinski definition) is 3. The summed E-state index contributed by atoms with van der Waals surface area (Å²) in [6, 6.07) is 7.31. The first kappa shape index (κ1) is 27.1. The van der Waals surface area contributed by atoms with Crippen molar-refractivity contribution < 1.29 is 9.59 Å². The molecule has 1 rings (SSSR count). The first-order valence-electron chi connectivity index (χ1n) is 12.1. The molecule has 0 unspecified atom stereocenters. The van der Waals surface area contributed by atoms with E-state index in [-0.39, 0.29) is 16.9 Å². The van der Waals surface area contributed by atoms with E-state index in [0.717, 1.165) is 24.9 Å². The second kappa shape index (κ2) is 17.7. The van der Waals surface area contributed by atoms with Gasteiger partial charge in [-0.25, -0.2) is 0 Å². The molecule has 1 aromatic rings. The Morgan fingerprint density at radius 3 is 1.84 bits per heavy atom. The summed E-state index contributed by atoms with van der Waals surface area (Å²) in [4.78, 5) is 23.8. The van der Waals surface area contributed by atoms with E-state index in [9.17, 15) is 9.59 Å². The predicted octanol–water partition coefficient (Wildman–Crippen LogP) is 6.94. The molecule has 174 valence electrons. The van der Waals surface area contributed by atoms with E-state index in [4.69, 9.17) is 12.2 Å². The van der Waals surface area contributed by atoms with Gasteiger partial charge in [-0.2, -0.15) is 0 Å². The standard InChI is InChI=1S/C25H41N3O2S/c1-3-5-6-7-8-9-10-11-12-13-14-19-24(30)28-25(31)27-22-18-15-17-21(20-22)26-23(29)16-4-2/h15,17-18,20H,3-14,16,19H2,1-2H3,(H,26,29)(H2,27,28,30,31). The number of hydrogen-bond donors (Lipinski definition) is 3. The molecule has 0 radical (unpaired) electrons. The van der Waals surface area contributed by atoms with Crippen LogP contribution in [0.25, 0.3) is 0 Å². The largest absolute Gasteiger partial charge is 0.332 e. The zero-order valence-electron chi connectivity index (χ0n) is 19.4. The van der Waals surface area contributed by atoms with Crippen LogP contribution in [0.15, 0.2) is 24.3 Å². The van der Waals surface area contributed by atoms with Crippen molar-refractivity contribution in [2.24, 2.45) is 0 Å². The Kier molecular flexibility index (Phi) is 15.5. The third-order valence-corrected chi connectivity index (χ3v) is 5.35.